The predicted molar refractivity (Wildman–Crippen MR) is 155 cm³/mol. The second-order valence-electron chi connectivity index (χ2n) is 10.5. The third kappa shape index (κ3) is 7.02. The number of aromatic nitrogens is 4. The Morgan fingerprint density at radius 2 is 1.83 bits per heavy atom. The Morgan fingerprint density at radius 3 is 2.49 bits per heavy atom. The Kier molecular flexibility index (Phi) is 9.15. The maximum atomic E-state index is 13.6. The molecule has 1 unspecified atom stereocenters. The van der Waals surface area contributed by atoms with Crippen LogP contribution in [-0.2, 0) is 30.7 Å². The first-order valence-electron chi connectivity index (χ1n) is 14.1. The average Bonchev–Trinajstić information content (AvgIpc) is 3.59. The first-order chi connectivity index (χ1) is 19.8. The lowest BCUT2D eigenvalue weighted by molar-refractivity contribution is -0.131. The normalized spacial score (nSPS) is 16.8. The number of sulfone groups is 1. The molecule has 1 saturated carbocycles. The fourth-order valence-corrected chi connectivity index (χ4v) is 7.54. The second-order valence-corrected chi connectivity index (χ2v) is 13.8. The Bertz CT molecular complexity index is 1450. The highest BCUT2D eigenvalue weighted by Crippen LogP contribution is 2.36. The number of likely N-dealkylation sites (N-methyl/N-ethyl adjacent to an activating group) is 1. The Morgan fingerprint density at radius 1 is 1.12 bits per heavy atom. The van der Waals surface area contributed by atoms with Crippen LogP contribution in [0.3, 0.4) is 0 Å². The molecule has 1 aromatic carbocycles. The van der Waals surface area contributed by atoms with Crippen LogP contribution in [0, 0.1) is 5.92 Å². The van der Waals surface area contributed by atoms with E-state index in [1.54, 1.807) is 41.6 Å². The topological polar surface area (TPSA) is 136 Å². The molecule has 0 spiro atoms. The minimum Gasteiger partial charge on any atom is -0.381 e. The third-order valence-electron chi connectivity index (χ3n) is 7.74. The summed E-state index contributed by atoms with van der Waals surface area (Å²) < 4.78 is 32.3. The van der Waals surface area contributed by atoms with E-state index in [0.29, 0.717) is 67.2 Å². The molecule has 1 atom stereocenters. The molecule has 11 nitrogen and oxygen atoms in total. The summed E-state index contributed by atoms with van der Waals surface area (Å²) in [6.07, 6.45) is 7.14. The quantitative estimate of drug-likeness (QED) is 0.332. The van der Waals surface area contributed by atoms with E-state index in [1.165, 1.54) is 16.0 Å². The maximum absolute atomic E-state index is 13.6. The van der Waals surface area contributed by atoms with Gasteiger partial charge in [-0.1, -0.05) is 28.7 Å². The lowest BCUT2D eigenvalue weighted by Gasteiger charge is -2.26. The van der Waals surface area contributed by atoms with Crippen LogP contribution in [0.15, 0.2) is 41.6 Å². The number of nitrogens with zero attached hydrogens (tertiary/aromatic N) is 5. The van der Waals surface area contributed by atoms with E-state index in [-0.39, 0.29) is 23.6 Å². The van der Waals surface area contributed by atoms with Gasteiger partial charge in [-0.3, -0.25) is 9.59 Å². The Balaban J connectivity index is 1.29. The van der Waals surface area contributed by atoms with Gasteiger partial charge in [0.25, 0.3) is 0 Å². The van der Waals surface area contributed by atoms with E-state index in [2.05, 4.69) is 20.6 Å². The lowest BCUT2D eigenvalue weighted by atomic mass is 9.84. The van der Waals surface area contributed by atoms with Gasteiger partial charge < -0.3 is 15.0 Å². The van der Waals surface area contributed by atoms with Crippen molar-refractivity contribution in [2.24, 2.45) is 5.92 Å². The first kappa shape index (κ1) is 29.3. The van der Waals surface area contributed by atoms with Crippen LogP contribution in [0.5, 0.6) is 0 Å². The van der Waals surface area contributed by atoms with E-state index >= 15 is 0 Å². The highest BCUT2D eigenvalue weighted by atomic mass is 32.2. The van der Waals surface area contributed by atoms with Gasteiger partial charge in [0.2, 0.25) is 11.8 Å². The van der Waals surface area contributed by atoms with Gasteiger partial charge >= 0.3 is 0 Å². The predicted octanol–water partition coefficient (Wildman–Crippen LogP) is 3.75. The number of carbonyl (C=O) groups excluding carboxylic acids is 2. The van der Waals surface area contributed by atoms with Crippen LogP contribution in [0.4, 0.5) is 5.13 Å². The van der Waals surface area contributed by atoms with E-state index in [9.17, 15) is 18.0 Å². The van der Waals surface area contributed by atoms with Crippen LogP contribution in [0.2, 0.25) is 0 Å². The van der Waals surface area contributed by atoms with Crippen LogP contribution in [0.1, 0.15) is 57.4 Å². The summed E-state index contributed by atoms with van der Waals surface area (Å²) in [5.41, 5.74) is 1.35. The molecule has 2 fully saturated rings. The van der Waals surface area contributed by atoms with Gasteiger partial charge in [-0.15, -0.1) is 5.10 Å². The summed E-state index contributed by atoms with van der Waals surface area (Å²) >= 11 is 1.28. The molecule has 1 aliphatic carbocycles. The number of benzene rings is 1. The van der Waals surface area contributed by atoms with Crippen LogP contribution in [-0.4, -0.2) is 76.7 Å². The maximum Gasteiger partial charge on any atom is 0.244 e. The van der Waals surface area contributed by atoms with E-state index < -0.39 is 15.8 Å². The van der Waals surface area contributed by atoms with Crippen molar-refractivity contribution in [1.29, 1.82) is 0 Å². The van der Waals surface area contributed by atoms with Gasteiger partial charge in [-0.05, 0) is 69.6 Å². The molecule has 220 valence electrons. The molecule has 3 aromatic rings. The third-order valence-corrected chi connectivity index (χ3v) is 11.0. The summed E-state index contributed by atoms with van der Waals surface area (Å²) in [4.78, 5) is 33.2. The zero-order valence-electron chi connectivity index (χ0n) is 23.4. The van der Waals surface area contributed by atoms with Crippen molar-refractivity contribution < 1.29 is 22.7 Å². The second kappa shape index (κ2) is 12.8. The van der Waals surface area contributed by atoms with Crippen molar-refractivity contribution in [2.45, 2.75) is 68.6 Å². The summed E-state index contributed by atoms with van der Waals surface area (Å²) in [6.45, 7) is 6.59. The van der Waals surface area contributed by atoms with Crippen molar-refractivity contribution in [2.75, 3.05) is 31.6 Å². The van der Waals surface area contributed by atoms with Crippen molar-refractivity contribution in [3.8, 4) is 10.6 Å². The molecule has 5 rings (SSSR count). The van der Waals surface area contributed by atoms with Crippen molar-refractivity contribution >= 4 is 38.1 Å². The summed E-state index contributed by atoms with van der Waals surface area (Å²) in [5.74, 6) is -0.355. The molecule has 0 bridgehead atoms. The number of nitrogens with one attached hydrogen (secondary N) is 1. The number of thiazole rings is 1. The van der Waals surface area contributed by atoms with Crippen LogP contribution in [0.25, 0.3) is 10.6 Å². The zero-order chi connectivity index (χ0) is 29.0. The average molecular weight is 601 g/mol. The van der Waals surface area contributed by atoms with Gasteiger partial charge in [-0.2, -0.15) is 0 Å². The molecule has 3 heterocycles. The standard InChI is InChI=1S/C28H36N6O5S2/c1-3-33(4-2)26(35)18-34-17-24(31-32-34)25-16-29-28(40-25)30-27(36)23(15-19-11-13-39-14-12-19)20-5-7-21(8-6-20)41(37,38)22-9-10-22/h5-8,16-17,19,22-23H,3-4,9-15,18H2,1-2H3,(H,29,30,36). The Labute approximate surface area is 244 Å². The largest absolute Gasteiger partial charge is 0.381 e. The van der Waals surface area contributed by atoms with Gasteiger partial charge in [0.15, 0.2) is 15.0 Å². The van der Waals surface area contributed by atoms with Crippen molar-refractivity contribution in [3.63, 3.8) is 0 Å². The van der Waals surface area contributed by atoms with E-state index in [4.69, 9.17) is 4.74 Å². The lowest BCUT2D eigenvalue weighted by Crippen LogP contribution is -2.33. The number of hydrogen-bond acceptors (Lipinski definition) is 9. The number of anilines is 1. The molecule has 2 amide bonds. The summed E-state index contributed by atoms with van der Waals surface area (Å²) in [6, 6.07) is 6.79. The summed E-state index contributed by atoms with van der Waals surface area (Å²) in [5, 5.41) is 11.4. The molecule has 41 heavy (non-hydrogen) atoms. The van der Waals surface area contributed by atoms with E-state index in [1.807, 2.05) is 13.8 Å². The van der Waals surface area contributed by atoms with Gasteiger partial charge in [-0.25, -0.2) is 18.1 Å². The molecule has 13 heteroatoms. The highest BCUT2D eigenvalue weighted by molar-refractivity contribution is 7.92. The fraction of sp³-hybridized carbons (Fsp3) is 0.536. The van der Waals surface area contributed by atoms with Crippen molar-refractivity contribution in [3.05, 3.63) is 42.2 Å². The minimum atomic E-state index is -3.30. The molecule has 1 saturated heterocycles. The number of hydrogen-bond donors (Lipinski definition) is 1. The number of amides is 2. The molecule has 1 N–H and O–H groups in total. The van der Waals surface area contributed by atoms with Crippen LogP contribution < -0.4 is 5.32 Å². The number of carbonyl (C=O) groups is 2. The van der Waals surface area contributed by atoms with Crippen LogP contribution >= 0.6 is 11.3 Å². The molecule has 0 radical (unpaired) electrons. The number of rotatable bonds is 12. The smallest absolute Gasteiger partial charge is 0.244 e. The van der Waals surface area contributed by atoms with E-state index in [0.717, 1.165) is 23.3 Å². The molecule has 1 aliphatic heterocycles. The minimum absolute atomic E-state index is 0.0301. The Hall–Kier alpha value is -3.16. The number of ether oxygens (including phenoxy) is 1. The molecule has 2 aromatic heterocycles. The first-order valence-corrected chi connectivity index (χ1v) is 16.5. The molecular formula is C28H36N6O5S2. The highest BCUT2D eigenvalue weighted by Gasteiger charge is 2.37. The molecule has 2 aliphatic rings. The SMILES string of the molecule is CCN(CC)C(=O)Cn1cc(-c2cnc(NC(=O)C(CC3CCOCC3)c3ccc(S(=O)(=O)C4CC4)cc3)s2)nn1. The fourth-order valence-electron chi connectivity index (χ4n) is 5.12. The monoisotopic (exact) mass is 600 g/mol. The van der Waals surface area contributed by atoms with Crippen molar-refractivity contribution in [1.82, 2.24) is 24.9 Å². The van der Waals surface area contributed by atoms with Gasteiger partial charge in [0, 0.05) is 32.5 Å². The van der Waals surface area contributed by atoms with Gasteiger partial charge in [0.05, 0.1) is 27.1 Å². The molecular weight excluding hydrogens is 564 g/mol. The summed E-state index contributed by atoms with van der Waals surface area (Å²) in [7, 11) is -3.30. The van der Waals surface area contributed by atoms with Gasteiger partial charge in [0.1, 0.15) is 12.2 Å². The zero-order valence-corrected chi connectivity index (χ0v) is 25.0.